The number of likely N-dealkylation sites (N-methyl/N-ethyl adjacent to an activating group) is 1. The van der Waals surface area contributed by atoms with Gasteiger partial charge in [-0.1, -0.05) is 13.8 Å². The van der Waals surface area contributed by atoms with Crippen LogP contribution in [0, 0.1) is 6.92 Å². The van der Waals surface area contributed by atoms with Crippen molar-refractivity contribution in [1.82, 2.24) is 14.9 Å². The molecule has 19 heavy (non-hydrogen) atoms. The highest BCUT2D eigenvalue weighted by molar-refractivity contribution is 5.19. The monoisotopic (exact) mass is 262 g/mol. The minimum atomic E-state index is -0.151. The molecule has 0 amide bonds. The van der Waals surface area contributed by atoms with Crippen molar-refractivity contribution in [2.24, 2.45) is 5.73 Å². The van der Waals surface area contributed by atoms with Crippen molar-refractivity contribution in [2.45, 2.75) is 44.9 Å². The fourth-order valence-corrected chi connectivity index (χ4v) is 2.60. The lowest BCUT2D eigenvalue weighted by atomic mass is 9.90. The summed E-state index contributed by atoms with van der Waals surface area (Å²) in [6.45, 7) is 9.13. The molecule has 1 aliphatic heterocycles. The summed E-state index contributed by atoms with van der Waals surface area (Å²) in [4.78, 5) is 11.8. The number of likely N-dealkylation sites (tertiary alicyclic amines) is 1. The topological polar surface area (TPSA) is 55.0 Å². The Balaban J connectivity index is 2.31. The average molecular weight is 262 g/mol. The molecular formula is C15H26N4. The Morgan fingerprint density at radius 1 is 1.42 bits per heavy atom. The highest BCUT2D eigenvalue weighted by atomic mass is 15.1. The van der Waals surface area contributed by atoms with Crippen LogP contribution < -0.4 is 5.73 Å². The molecule has 1 aromatic heterocycles. The minimum absolute atomic E-state index is 0.151. The molecule has 4 nitrogen and oxygen atoms in total. The van der Waals surface area contributed by atoms with E-state index in [2.05, 4.69) is 36.8 Å². The van der Waals surface area contributed by atoms with Gasteiger partial charge in [0.05, 0.1) is 0 Å². The van der Waals surface area contributed by atoms with Gasteiger partial charge in [-0.2, -0.15) is 0 Å². The van der Waals surface area contributed by atoms with Gasteiger partial charge < -0.3 is 10.6 Å². The van der Waals surface area contributed by atoms with Crippen molar-refractivity contribution in [2.75, 3.05) is 26.7 Å². The lowest BCUT2D eigenvalue weighted by Gasteiger charge is -2.30. The van der Waals surface area contributed by atoms with Crippen LogP contribution in [0.15, 0.2) is 6.07 Å². The van der Waals surface area contributed by atoms with Gasteiger partial charge in [-0.25, -0.2) is 9.97 Å². The zero-order valence-electron chi connectivity index (χ0n) is 12.6. The lowest BCUT2D eigenvalue weighted by Crippen LogP contribution is -2.33. The highest BCUT2D eigenvalue weighted by Crippen LogP contribution is 2.27. The van der Waals surface area contributed by atoms with Gasteiger partial charge in [0.1, 0.15) is 5.82 Å². The van der Waals surface area contributed by atoms with Gasteiger partial charge in [0, 0.05) is 35.8 Å². The summed E-state index contributed by atoms with van der Waals surface area (Å²) in [7, 11) is 2.19. The zero-order chi connectivity index (χ0) is 14.0. The second-order valence-electron chi connectivity index (χ2n) is 6.45. The van der Waals surface area contributed by atoms with Crippen LogP contribution >= 0.6 is 0 Å². The van der Waals surface area contributed by atoms with Gasteiger partial charge in [-0.05, 0) is 39.4 Å². The maximum atomic E-state index is 5.85. The molecule has 0 spiro atoms. The number of aromatic nitrogens is 2. The molecule has 2 rings (SSSR count). The third kappa shape index (κ3) is 3.31. The van der Waals surface area contributed by atoms with Crippen molar-refractivity contribution in [1.29, 1.82) is 0 Å². The summed E-state index contributed by atoms with van der Waals surface area (Å²) in [6, 6.07) is 2.14. The number of hydrogen-bond acceptors (Lipinski definition) is 4. The molecule has 0 aliphatic carbocycles. The molecule has 0 radical (unpaired) electrons. The summed E-state index contributed by atoms with van der Waals surface area (Å²) in [5, 5.41) is 0. The second kappa shape index (κ2) is 5.55. The van der Waals surface area contributed by atoms with Gasteiger partial charge in [0.25, 0.3) is 0 Å². The summed E-state index contributed by atoms with van der Waals surface area (Å²) in [6.07, 6.45) is 2.48. The van der Waals surface area contributed by atoms with Gasteiger partial charge in [0.2, 0.25) is 0 Å². The van der Waals surface area contributed by atoms with E-state index in [0.717, 1.165) is 18.1 Å². The van der Waals surface area contributed by atoms with Gasteiger partial charge in [0.15, 0.2) is 0 Å². The summed E-state index contributed by atoms with van der Waals surface area (Å²) in [5.74, 6) is 1.42. The maximum Gasteiger partial charge on any atom is 0.135 e. The molecule has 2 N–H and O–H groups in total. The van der Waals surface area contributed by atoms with E-state index >= 15 is 0 Å². The van der Waals surface area contributed by atoms with Crippen LogP contribution in [0.25, 0.3) is 0 Å². The molecule has 4 heteroatoms. The van der Waals surface area contributed by atoms with Crippen LogP contribution in [0.4, 0.5) is 0 Å². The van der Waals surface area contributed by atoms with Crippen molar-refractivity contribution in [3.63, 3.8) is 0 Å². The van der Waals surface area contributed by atoms with Crippen molar-refractivity contribution >= 4 is 0 Å². The van der Waals surface area contributed by atoms with Crippen molar-refractivity contribution in [3.05, 3.63) is 23.3 Å². The highest BCUT2D eigenvalue weighted by Gasteiger charge is 2.26. The lowest BCUT2D eigenvalue weighted by molar-refractivity contribution is 0.247. The first-order valence-corrected chi connectivity index (χ1v) is 7.17. The molecule has 1 saturated heterocycles. The van der Waals surface area contributed by atoms with Crippen LogP contribution in [0.3, 0.4) is 0 Å². The Bertz CT molecular complexity index is 442. The standard InChI is InChI=1S/C15H26N4/c1-11-8-13(12-6-5-7-19(4)9-12)18-14(17-11)15(2,3)10-16/h8,12H,5-7,9-10,16H2,1-4H3. The Morgan fingerprint density at radius 3 is 2.79 bits per heavy atom. The maximum absolute atomic E-state index is 5.85. The number of hydrogen-bond donors (Lipinski definition) is 1. The number of aryl methyl sites for hydroxylation is 1. The van der Waals surface area contributed by atoms with Gasteiger partial charge in [-0.15, -0.1) is 0 Å². The first-order chi connectivity index (χ1) is 8.92. The fourth-order valence-electron chi connectivity index (χ4n) is 2.60. The largest absolute Gasteiger partial charge is 0.329 e. The molecule has 2 heterocycles. The fraction of sp³-hybridized carbons (Fsp3) is 0.733. The first-order valence-electron chi connectivity index (χ1n) is 7.17. The van der Waals surface area contributed by atoms with Crippen LogP contribution in [-0.2, 0) is 5.41 Å². The van der Waals surface area contributed by atoms with Crippen LogP contribution in [0.1, 0.15) is 49.8 Å². The molecular weight excluding hydrogens is 236 g/mol. The second-order valence-corrected chi connectivity index (χ2v) is 6.45. The van der Waals surface area contributed by atoms with E-state index in [4.69, 9.17) is 10.7 Å². The summed E-state index contributed by atoms with van der Waals surface area (Å²) in [5.41, 5.74) is 7.94. The number of piperidine rings is 1. The summed E-state index contributed by atoms with van der Waals surface area (Å²) < 4.78 is 0. The van der Waals surface area contributed by atoms with E-state index in [1.807, 2.05) is 6.92 Å². The van der Waals surface area contributed by atoms with E-state index in [0.29, 0.717) is 12.5 Å². The SMILES string of the molecule is Cc1cc(C2CCCN(C)C2)nc(C(C)(C)CN)n1. The quantitative estimate of drug-likeness (QED) is 0.903. The number of nitrogens with zero attached hydrogens (tertiary/aromatic N) is 3. The molecule has 1 aliphatic rings. The van der Waals surface area contributed by atoms with Crippen LogP contribution in [0.5, 0.6) is 0 Å². The number of nitrogens with two attached hydrogens (primary N) is 1. The molecule has 0 bridgehead atoms. The van der Waals surface area contributed by atoms with E-state index in [-0.39, 0.29) is 5.41 Å². The molecule has 1 atom stereocenters. The third-order valence-corrected chi connectivity index (χ3v) is 4.03. The minimum Gasteiger partial charge on any atom is -0.329 e. The van der Waals surface area contributed by atoms with E-state index < -0.39 is 0 Å². The van der Waals surface area contributed by atoms with Crippen LogP contribution in [0.2, 0.25) is 0 Å². The third-order valence-electron chi connectivity index (χ3n) is 4.03. The van der Waals surface area contributed by atoms with Gasteiger partial charge in [-0.3, -0.25) is 0 Å². The predicted octanol–water partition coefficient (Wildman–Crippen LogP) is 1.83. The smallest absolute Gasteiger partial charge is 0.135 e. The Hall–Kier alpha value is -1.00. The van der Waals surface area contributed by atoms with E-state index in [1.54, 1.807) is 0 Å². The number of rotatable bonds is 3. The Morgan fingerprint density at radius 2 is 2.16 bits per heavy atom. The van der Waals surface area contributed by atoms with Gasteiger partial charge >= 0.3 is 0 Å². The first kappa shape index (κ1) is 14.4. The molecule has 1 fully saturated rings. The van der Waals surface area contributed by atoms with Crippen molar-refractivity contribution in [3.8, 4) is 0 Å². The van der Waals surface area contributed by atoms with E-state index in [9.17, 15) is 0 Å². The summed E-state index contributed by atoms with van der Waals surface area (Å²) >= 11 is 0. The molecule has 106 valence electrons. The normalized spacial score (nSPS) is 21.6. The zero-order valence-corrected chi connectivity index (χ0v) is 12.6. The predicted molar refractivity (Wildman–Crippen MR) is 78.3 cm³/mol. The van der Waals surface area contributed by atoms with E-state index in [1.165, 1.54) is 25.1 Å². The molecule has 1 aromatic rings. The molecule has 0 saturated carbocycles. The molecule has 0 aromatic carbocycles. The van der Waals surface area contributed by atoms with Crippen LogP contribution in [-0.4, -0.2) is 41.5 Å². The average Bonchev–Trinajstić information content (AvgIpc) is 2.38. The Labute approximate surface area is 116 Å². The molecule has 1 unspecified atom stereocenters. The Kier molecular flexibility index (Phi) is 4.21. The van der Waals surface area contributed by atoms with Crippen molar-refractivity contribution < 1.29 is 0 Å².